The van der Waals surface area contributed by atoms with Gasteiger partial charge in [-0.2, -0.15) is 0 Å². The minimum absolute atomic E-state index is 0.129. The van der Waals surface area contributed by atoms with E-state index in [0.717, 1.165) is 25.9 Å². The minimum atomic E-state index is -0.521. The van der Waals surface area contributed by atoms with Gasteiger partial charge < -0.3 is 20.1 Å². The maximum atomic E-state index is 12.5. The SMILES string of the molecule is COCCC(=Cc1ccccc1)[C@@H]1C[C@H]1N[C@H]1CC[C@H](NCC(C)(C)C(=O)OC(C)(C)C)CC1. The molecule has 2 fully saturated rings. The highest BCUT2D eigenvalue weighted by atomic mass is 16.6. The van der Waals surface area contributed by atoms with Crippen LogP contribution in [-0.4, -0.2) is 50.0 Å². The Morgan fingerprint density at radius 3 is 2.29 bits per heavy atom. The van der Waals surface area contributed by atoms with Crippen LogP contribution < -0.4 is 10.6 Å². The Bertz CT molecular complexity index is 804. The number of methoxy groups -OCH3 is 1. The van der Waals surface area contributed by atoms with Crippen LogP contribution in [0.5, 0.6) is 0 Å². The number of esters is 1. The molecule has 2 aliphatic rings. The highest BCUT2D eigenvalue weighted by Crippen LogP contribution is 2.41. The lowest BCUT2D eigenvalue weighted by Gasteiger charge is -2.33. The van der Waals surface area contributed by atoms with E-state index in [0.29, 0.717) is 30.6 Å². The molecule has 5 heteroatoms. The molecular weight excluding hydrogens is 424 g/mol. The van der Waals surface area contributed by atoms with Gasteiger partial charge in [0.1, 0.15) is 5.60 Å². The Hall–Kier alpha value is -1.69. The summed E-state index contributed by atoms with van der Waals surface area (Å²) in [5, 5.41) is 7.58. The van der Waals surface area contributed by atoms with Gasteiger partial charge in [-0.3, -0.25) is 4.79 Å². The van der Waals surface area contributed by atoms with E-state index in [4.69, 9.17) is 9.47 Å². The topological polar surface area (TPSA) is 59.6 Å². The lowest BCUT2D eigenvalue weighted by atomic mass is 9.88. The predicted molar refractivity (Wildman–Crippen MR) is 140 cm³/mol. The van der Waals surface area contributed by atoms with Gasteiger partial charge in [0.05, 0.1) is 5.41 Å². The van der Waals surface area contributed by atoms with E-state index < -0.39 is 11.0 Å². The van der Waals surface area contributed by atoms with E-state index >= 15 is 0 Å². The summed E-state index contributed by atoms with van der Waals surface area (Å²) in [4.78, 5) is 12.5. The fraction of sp³-hybridized carbons (Fsp3) is 0.690. The van der Waals surface area contributed by atoms with Crippen LogP contribution in [0.15, 0.2) is 35.9 Å². The monoisotopic (exact) mass is 470 g/mol. The standard InChI is InChI=1S/C29H46N2O3/c1-28(2,3)34-27(32)29(4,5)20-30-23-12-14-24(15-13-23)31-26-19-25(26)22(16-17-33-6)18-21-10-8-7-9-11-21/h7-11,18,23-26,30-31H,12-17,19-20H2,1-6H3/t23-,24-,25-,26+/m0/s1. The molecule has 2 saturated carbocycles. The Kier molecular flexibility index (Phi) is 9.36. The zero-order valence-corrected chi connectivity index (χ0v) is 22.2. The maximum Gasteiger partial charge on any atom is 0.313 e. The van der Waals surface area contributed by atoms with Gasteiger partial charge >= 0.3 is 5.97 Å². The highest BCUT2D eigenvalue weighted by Gasteiger charge is 2.41. The van der Waals surface area contributed by atoms with Gasteiger partial charge in [0.15, 0.2) is 0 Å². The van der Waals surface area contributed by atoms with Crippen molar-refractivity contribution >= 4 is 12.0 Å². The number of benzene rings is 1. The lowest BCUT2D eigenvalue weighted by molar-refractivity contribution is -0.165. The Morgan fingerprint density at radius 2 is 1.68 bits per heavy atom. The van der Waals surface area contributed by atoms with Gasteiger partial charge in [0.25, 0.3) is 0 Å². The molecule has 2 atom stereocenters. The van der Waals surface area contributed by atoms with Crippen molar-refractivity contribution in [2.45, 2.75) is 96.9 Å². The van der Waals surface area contributed by atoms with Gasteiger partial charge in [-0.25, -0.2) is 0 Å². The van der Waals surface area contributed by atoms with Crippen molar-refractivity contribution in [3.63, 3.8) is 0 Å². The molecule has 0 saturated heterocycles. The molecule has 0 aliphatic heterocycles. The molecule has 0 aromatic heterocycles. The van der Waals surface area contributed by atoms with Crippen LogP contribution in [0.25, 0.3) is 6.08 Å². The predicted octanol–water partition coefficient (Wildman–Crippen LogP) is 5.35. The molecule has 0 heterocycles. The minimum Gasteiger partial charge on any atom is -0.460 e. The first kappa shape index (κ1) is 26.9. The summed E-state index contributed by atoms with van der Waals surface area (Å²) in [6, 6.07) is 12.3. The van der Waals surface area contributed by atoms with Crippen molar-refractivity contribution in [3.05, 3.63) is 41.5 Å². The fourth-order valence-electron chi connectivity index (χ4n) is 4.79. The van der Waals surface area contributed by atoms with Gasteiger partial charge in [0.2, 0.25) is 0 Å². The number of nitrogens with one attached hydrogen (secondary N) is 2. The molecule has 0 radical (unpaired) electrons. The van der Waals surface area contributed by atoms with Crippen LogP contribution >= 0.6 is 0 Å². The maximum absolute atomic E-state index is 12.5. The molecule has 0 spiro atoms. The third kappa shape index (κ3) is 8.51. The second kappa shape index (κ2) is 11.8. The summed E-state index contributed by atoms with van der Waals surface area (Å²) in [7, 11) is 1.78. The van der Waals surface area contributed by atoms with Crippen molar-refractivity contribution in [1.82, 2.24) is 10.6 Å². The smallest absolute Gasteiger partial charge is 0.313 e. The second-order valence-corrected chi connectivity index (χ2v) is 11.8. The zero-order valence-electron chi connectivity index (χ0n) is 22.2. The summed E-state index contributed by atoms with van der Waals surface area (Å²) in [5.74, 6) is 0.497. The lowest BCUT2D eigenvalue weighted by Crippen LogP contribution is -2.46. The summed E-state index contributed by atoms with van der Waals surface area (Å²) >= 11 is 0. The van der Waals surface area contributed by atoms with Crippen LogP contribution in [-0.2, 0) is 14.3 Å². The van der Waals surface area contributed by atoms with Crippen LogP contribution in [0, 0.1) is 11.3 Å². The van der Waals surface area contributed by atoms with Gasteiger partial charge in [-0.1, -0.05) is 42.0 Å². The molecule has 1 aromatic rings. The first-order valence-electron chi connectivity index (χ1n) is 13.0. The first-order chi connectivity index (χ1) is 16.1. The molecule has 2 N–H and O–H groups in total. The number of hydrogen-bond donors (Lipinski definition) is 2. The molecule has 0 bridgehead atoms. The fourth-order valence-corrected chi connectivity index (χ4v) is 4.79. The number of ether oxygens (including phenoxy) is 2. The molecule has 34 heavy (non-hydrogen) atoms. The van der Waals surface area contributed by atoms with E-state index in [-0.39, 0.29) is 5.97 Å². The number of rotatable bonds is 11. The zero-order chi connectivity index (χ0) is 24.8. The molecule has 5 nitrogen and oxygen atoms in total. The quantitative estimate of drug-likeness (QED) is 0.427. The second-order valence-electron chi connectivity index (χ2n) is 11.8. The van der Waals surface area contributed by atoms with Crippen LogP contribution in [0.4, 0.5) is 0 Å². The highest BCUT2D eigenvalue weighted by molar-refractivity contribution is 5.76. The van der Waals surface area contributed by atoms with Crippen LogP contribution in [0.2, 0.25) is 0 Å². The average Bonchev–Trinajstić information content (AvgIpc) is 3.54. The van der Waals surface area contributed by atoms with E-state index in [1.807, 2.05) is 34.6 Å². The van der Waals surface area contributed by atoms with Crippen LogP contribution in [0.3, 0.4) is 0 Å². The number of carbonyl (C=O) groups is 1. The molecule has 0 unspecified atom stereocenters. The van der Waals surface area contributed by atoms with Crippen molar-refractivity contribution in [1.29, 1.82) is 0 Å². The van der Waals surface area contributed by atoms with E-state index in [1.54, 1.807) is 7.11 Å². The Labute approximate surface area is 207 Å². The number of hydrogen-bond acceptors (Lipinski definition) is 5. The summed E-state index contributed by atoms with van der Waals surface area (Å²) in [6.45, 7) is 11.1. The molecular formula is C29H46N2O3. The number of carbonyl (C=O) groups excluding carboxylic acids is 1. The summed E-state index contributed by atoms with van der Waals surface area (Å²) in [6.07, 6.45) is 9.25. The van der Waals surface area contributed by atoms with E-state index in [9.17, 15) is 4.79 Å². The van der Waals surface area contributed by atoms with E-state index in [2.05, 4.69) is 47.0 Å². The Morgan fingerprint density at radius 1 is 1.03 bits per heavy atom. The third-order valence-electron chi connectivity index (χ3n) is 6.97. The molecule has 3 rings (SSSR count). The van der Waals surface area contributed by atoms with Crippen molar-refractivity contribution in [2.75, 3.05) is 20.3 Å². The molecule has 190 valence electrons. The summed E-state index contributed by atoms with van der Waals surface area (Å²) < 4.78 is 11.0. The van der Waals surface area contributed by atoms with Crippen molar-refractivity contribution in [3.8, 4) is 0 Å². The largest absolute Gasteiger partial charge is 0.460 e. The molecule has 1 aromatic carbocycles. The Balaban J connectivity index is 1.42. The van der Waals surface area contributed by atoms with Gasteiger partial charge in [-0.05, 0) is 84.6 Å². The van der Waals surface area contributed by atoms with Gasteiger partial charge in [-0.15, -0.1) is 0 Å². The molecule has 0 amide bonds. The van der Waals surface area contributed by atoms with Crippen molar-refractivity contribution < 1.29 is 14.3 Å². The van der Waals surface area contributed by atoms with E-state index in [1.165, 1.54) is 30.4 Å². The van der Waals surface area contributed by atoms with Gasteiger partial charge in [0, 0.05) is 38.4 Å². The third-order valence-corrected chi connectivity index (χ3v) is 6.97. The molecule has 2 aliphatic carbocycles. The summed E-state index contributed by atoms with van der Waals surface area (Å²) in [5.41, 5.74) is 1.82. The average molecular weight is 471 g/mol. The normalized spacial score (nSPS) is 25.8. The van der Waals surface area contributed by atoms with Crippen LogP contribution in [0.1, 0.15) is 78.7 Å². The first-order valence-corrected chi connectivity index (χ1v) is 13.0. The van der Waals surface area contributed by atoms with Crippen molar-refractivity contribution in [2.24, 2.45) is 11.3 Å².